The Balaban J connectivity index is 0. The van der Waals surface area contributed by atoms with Gasteiger partial charge in [-0.15, -0.1) is 4.90 Å². The number of halogens is 48. The fourth-order valence-corrected chi connectivity index (χ4v) is 3.56. The largest absolute Gasteiger partial charge is 0.469 e. The lowest BCUT2D eigenvalue weighted by Crippen LogP contribution is -2.81. The van der Waals surface area contributed by atoms with E-state index in [9.17, 15) is 211 Å². The van der Waals surface area contributed by atoms with Crippen molar-refractivity contribution in [1.29, 1.82) is 0 Å². The third-order valence-corrected chi connectivity index (χ3v) is 7.30. The highest BCUT2D eigenvalue weighted by Gasteiger charge is 2.97. The number of rotatable bonds is 15. The zero-order chi connectivity index (χ0) is 59.7. The molecule has 0 aromatic carbocycles. The van der Waals surface area contributed by atoms with Gasteiger partial charge in [0.05, 0.1) is 0 Å². The summed E-state index contributed by atoms with van der Waals surface area (Å²) in [6.07, 6.45) is -49.6. The molecule has 0 amide bonds. The Morgan fingerprint density at radius 3 is 0.310 bits per heavy atom. The first-order chi connectivity index (χ1) is 29.5. The van der Waals surface area contributed by atoms with Crippen LogP contribution in [0.25, 0.3) is 0 Å². The van der Waals surface area contributed by atoms with Crippen molar-refractivity contribution >= 4 is 0 Å². The average molecular weight is 1190 g/mol. The molecule has 0 N–H and O–H groups in total. The highest BCUT2D eigenvalue weighted by molar-refractivity contribution is 5.13. The predicted octanol–water partition coefficient (Wildman–Crippen LogP) is 15.2. The molecule has 0 aliphatic carbocycles. The zero-order valence-corrected chi connectivity index (χ0v) is 29.5. The second kappa shape index (κ2) is 17.3. The van der Waals surface area contributed by atoms with Crippen molar-refractivity contribution in [3.63, 3.8) is 0 Å². The first-order valence-electron chi connectivity index (χ1n) is 14.2. The van der Waals surface area contributed by atoms with E-state index in [1.807, 2.05) is 0 Å². The van der Waals surface area contributed by atoms with Crippen molar-refractivity contribution < 1.29 is 211 Å². The van der Waals surface area contributed by atoms with E-state index in [-0.39, 0.29) is 0 Å². The van der Waals surface area contributed by atoms with Crippen molar-refractivity contribution in [1.82, 2.24) is 9.80 Å². The monoisotopic (exact) mass is 1190 g/mol. The van der Waals surface area contributed by atoms with Crippen molar-refractivity contribution in [2.45, 2.75) is 127 Å². The minimum Gasteiger partial charge on any atom is -0.191 e. The van der Waals surface area contributed by atoms with Gasteiger partial charge in [-0.3, -0.25) is 0 Å². The van der Waals surface area contributed by atoms with Gasteiger partial charge in [0.15, 0.2) is 0 Å². The van der Waals surface area contributed by atoms with Gasteiger partial charge < -0.3 is 0 Å². The number of hydrogen-bond donors (Lipinski definition) is 0. The van der Waals surface area contributed by atoms with Gasteiger partial charge in [-0.2, -0.15) is 211 Å². The highest BCUT2D eigenvalue weighted by Crippen LogP contribution is 2.67. The van der Waals surface area contributed by atoms with Gasteiger partial charge in [-0.25, -0.2) is 0 Å². The van der Waals surface area contributed by atoms with Crippen molar-refractivity contribution in [3.8, 4) is 0 Å². The van der Waals surface area contributed by atoms with Crippen molar-refractivity contribution in [3.05, 3.63) is 0 Å². The van der Waals surface area contributed by atoms with Gasteiger partial charge in [-0.05, 0) is 0 Å². The molecule has 71 heavy (non-hydrogen) atoms. The Bertz CT molecular complexity index is 1650. The molecule has 430 valence electrons. The van der Waals surface area contributed by atoms with Gasteiger partial charge in [0.25, 0.3) is 0 Å². The topological polar surface area (TPSA) is 6.48 Å². The molecule has 0 saturated heterocycles. The molecule has 0 bridgehead atoms. The fraction of sp³-hybridized carbons (Fsp3) is 1.00. The molecule has 0 fully saturated rings. The normalized spacial score (nSPS) is 17.0. The van der Waals surface area contributed by atoms with E-state index in [0.717, 1.165) is 0 Å². The summed E-state index contributed by atoms with van der Waals surface area (Å²) < 4.78 is 612. The summed E-state index contributed by atoms with van der Waals surface area (Å²) in [7, 11) is 0. The van der Waals surface area contributed by atoms with Crippen LogP contribution in [-0.2, 0) is 0 Å². The van der Waals surface area contributed by atoms with E-state index < -0.39 is 136 Å². The molecule has 0 unspecified atom stereocenters. The molecule has 0 heterocycles. The van der Waals surface area contributed by atoms with Crippen LogP contribution in [0.4, 0.5) is 211 Å². The molecule has 0 radical (unpaired) electrons. The molecule has 2 nitrogen and oxygen atoms in total. The molecule has 50 heteroatoms. The van der Waals surface area contributed by atoms with E-state index in [1.54, 1.807) is 0 Å². The lowest BCUT2D eigenvalue weighted by atomic mass is 10.00. The van der Waals surface area contributed by atoms with Crippen LogP contribution in [0.1, 0.15) is 0 Å². The minimum absolute atomic E-state index is 5.24. The quantitative estimate of drug-likeness (QED) is 0.119. The summed E-state index contributed by atoms with van der Waals surface area (Å²) in [5.74, 6) is -89.9. The van der Waals surface area contributed by atoms with Crippen LogP contribution in [-0.4, -0.2) is 136 Å². The molecule has 0 aromatic rings. The molecule has 0 aromatic heterocycles. The Hall–Kier alpha value is -3.44. The van der Waals surface area contributed by atoms with Crippen LogP contribution in [0.5, 0.6) is 0 Å². The molecule has 0 saturated carbocycles. The molecule has 0 spiro atoms. The van der Waals surface area contributed by atoms with Gasteiger partial charge in [0.2, 0.25) is 0 Å². The van der Waals surface area contributed by atoms with Gasteiger partial charge >= 0.3 is 127 Å². The summed E-state index contributed by atoms with van der Waals surface area (Å²) in [6.45, 7) is 0. The maximum absolute atomic E-state index is 13.8. The summed E-state index contributed by atoms with van der Waals surface area (Å²) in [6, 6.07) is -47.2. The highest BCUT2D eigenvalue weighted by atomic mass is 19.5. The number of nitrogens with zero attached hydrogens (tertiary/aromatic N) is 2. The van der Waals surface area contributed by atoms with E-state index in [2.05, 4.69) is 0 Å². The van der Waals surface area contributed by atoms with Crippen LogP contribution in [0.15, 0.2) is 0 Å². The van der Waals surface area contributed by atoms with E-state index >= 15 is 0 Å². The Morgan fingerprint density at radius 2 is 0.225 bits per heavy atom. The molecule has 0 atom stereocenters. The lowest BCUT2D eigenvalue weighted by Gasteiger charge is -2.49. The SMILES string of the molecule is FC(F)(F)C(F)(F)C(F)(F)C(F)(F)N(C(F)(F)C(F)(F)C(F)(F)C(F)(F)F)C(F)(F)C(F)(F)C(F)(F)C(F)(F)F.FC(F)(F)N(C(F)(F)C(F)(F)C(F)(F)C(F)(F)F)C(F)(F)C(F)(F)C(F)(F)C(F)(F)F. The van der Waals surface area contributed by atoms with Gasteiger partial charge in [0, 0.05) is 0 Å². The first-order valence-corrected chi connectivity index (χ1v) is 14.2. The van der Waals surface area contributed by atoms with Gasteiger partial charge in [-0.1, -0.05) is 4.90 Å². The molecular formula is C21F48N2. The third kappa shape index (κ3) is 9.88. The van der Waals surface area contributed by atoms with Crippen molar-refractivity contribution in [2.75, 3.05) is 0 Å². The smallest absolute Gasteiger partial charge is 0.191 e. The fourth-order valence-electron chi connectivity index (χ4n) is 3.56. The van der Waals surface area contributed by atoms with Crippen LogP contribution >= 0.6 is 0 Å². The molecule has 0 aliphatic heterocycles. The summed E-state index contributed by atoms with van der Waals surface area (Å²) in [4.78, 5) is -11.4. The minimum atomic E-state index is -9.81. The first kappa shape index (κ1) is 69.6. The lowest BCUT2D eigenvalue weighted by molar-refractivity contribution is -0.528. The summed E-state index contributed by atoms with van der Waals surface area (Å²) in [5, 5.41) is 0. The molecule has 0 rings (SSSR count). The Kier molecular flexibility index (Phi) is 17.0. The van der Waals surface area contributed by atoms with E-state index in [4.69, 9.17) is 0 Å². The number of alkyl halides is 48. The van der Waals surface area contributed by atoms with Crippen molar-refractivity contribution in [2.24, 2.45) is 0 Å². The Labute approximate surface area is 349 Å². The van der Waals surface area contributed by atoms with Crippen LogP contribution in [0.2, 0.25) is 0 Å². The Morgan fingerprint density at radius 1 is 0.127 bits per heavy atom. The molecule has 0 aliphatic rings. The van der Waals surface area contributed by atoms with E-state index in [1.165, 1.54) is 0 Å². The summed E-state index contributed by atoms with van der Waals surface area (Å²) in [5.41, 5.74) is 0. The second-order valence-electron chi connectivity index (χ2n) is 12.1. The zero-order valence-electron chi connectivity index (χ0n) is 29.5. The van der Waals surface area contributed by atoms with E-state index in [0.29, 0.717) is 0 Å². The van der Waals surface area contributed by atoms with Crippen LogP contribution in [0.3, 0.4) is 0 Å². The summed E-state index contributed by atoms with van der Waals surface area (Å²) >= 11 is 0. The van der Waals surface area contributed by atoms with Crippen LogP contribution < -0.4 is 0 Å². The standard InChI is InChI=1S/C12F27N.C9F21N/c13-1(14,7(25,26)27)4(19,20)10(34,35)40(11(36,37)5(21,22)2(15,16)8(28,29)30)12(38,39)6(23,24)3(17,18)9(31,32)33;10-1(11,5(18,19)20)3(14,15)7(24,25)31(9(28,29)30)8(26,27)4(16,17)2(12,13)6(21,22)23. The second-order valence-corrected chi connectivity index (χ2v) is 12.1. The maximum atomic E-state index is 13.8. The molecular weight excluding hydrogens is 1190 g/mol. The maximum Gasteiger partial charge on any atom is 0.469 e. The number of hydrogen-bond acceptors (Lipinski definition) is 2. The third-order valence-electron chi connectivity index (χ3n) is 7.30. The average Bonchev–Trinajstić information content (AvgIpc) is 3.03. The van der Waals surface area contributed by atoms with Gasteiger partial charge in [0.1, 0.15) is 0 Å². The van der Waals surface area contributed by atoms with Crippen LogP contribution in [0, 0.1) is 0 Å². The predicted molar refractivity (Wildman–Crippen MR) is 114 cm³/mol.